The average Bonchev–Trinajstić information content (AvgIpc) is 3.07. The summed E-state index contributed by atoms with van der Waals surface area (Å²) in [5, 5.41) is 2.94. The largest absolute Gasteiger partial charge is 0.434 e. The van der Waals surface area contributed by atoms with E-state index in [2.05, 4.69) is 31.2 Å². The number of carbonyl (C=O) groups is 1. The summed E-state index contributed by atoms with van der Waals surface area (Å²) < 4.78 is 6.61. The van der Waals surface area contributed by atoms with E-state index in [0.717, 1.165) is 21.3 Å². The molecule has 0 radical (unpaired) electrons. The van der Waals surface area contributed by atoms with Gasteiger partial charge in [0.25, 0.3) is 5.91 Å². The Balaban J connectivity index is 1.60. The molecule has 0 atom stereocenters. The number of hydrogen-bond donors (Lipinski definition) is 1. The van der Waals surface area contributed by atoms with E-state index >= 15 is 0 Å². The third-order valence-corrected chi connectivity index (χ3v) is 4.47. The molecule has 2 heterocycles. The molecular formula is C20H14BrN3O2. The van der Waals surface area contributed by atoms with Crippen molar-refractivity contribution in [2.75, 3.05) is 5.32 Å². The Morgan fingerprint density at radius 1 is 1.12 bits per heavy atom. The van der Waals surface area contributed by atoms with Gasteiger partial charge >= 0.3 is 0 Å². The minimum absolute atomic E-state index is 0.159. The zero-order chi connectivity index (χ0) is 18.1. The van der Waals surface area contributed by atoms with Crippen LogP contribution in [0.25, 0.3) is 22.7 Å². The first-order valence-electron chi connectivity index (χ1n) is 8.00. The number of nitrogens with zero attached hydrogens (tertiary/aromatic N) is 2. The van der Waals surface area contributed by atoms with E-state index in [4.69, 9.17) is 4.42 Å². The van der Waals surface area contributed by atoms with E-state index in [-0.39, 0.29) is 5.91 Å². The summed E-state index contributed by atoms with van der Waals surface area (Å²) in [5.74, 6) is 0.347. The van der Waals surface area contributed by atoms with Crippen LogP contribution in [0, 0.1) is 6.92 Å². The van der Waals surface area contributed by atoms with Crippen LogP contribution >= 0.6 is 15.9 Å². The van der Waals surface area contributed by atoms with Crippen LogP contribution < -0.4 is 5.32 Å². The fraction of sp³-hybridized carbons (Fsp3) is 0.0500. The van der Waals surface area contributed by atoms with Crippen LogP contribution in [0.1, 0.15) is 15.9 Å². The Labute approximate surface area is 158 Å². The Morgan fingerprint density at radius 3 is 2.77 bits per heavy atom. The van der Waals surface area contributed by atoms with Crippen molar-refractivity contribution in [1.82, 2.24) is 9.97 Å². The first kappa shape index (κ1) is 16.5. The second kappa shape index (κ2) is 6.72. The number of aromatic nitrogens is 2. The predicted octanol–water partition coefficient (Wildman–Crippen LogP) is 5.21. The molecular weight excluding hydrogens is 394 g/mol. The SMILES string of the molecule is Cc1cc(-c2nc3ncccc3o2)ccc1NC(=O)c1cccc(Br)c1. The lowest BCUT2D eigenvalue weighted by Crippen LogP contribution is -2.12. The molecule has 0 saturated carbocycles. The maximum atomic E-state index is 12.4. The number of aryl methyl sites for hydroxylation is 1. The van der Waals surface area contributed by atoms with Gasteiger partial charge in [0.1, 0.15) is 0 Å². The lowest BCUT2D eigenvalue weighted by Gasteiger charge is -2.09. The number of oxazole rings is 1. The van der Waals surface area contributed by atoms with Gasteiger partial charge in [0.2, 0.25) is 5.89 Å². The van der Waals surface area contributed by atoms with Crippen LogP contribution in [0.5, 0.6) is 0 Å². The van der Waals surface area contributed by atoms with E-state index in [1.54, 1.807) is 18.3 Å². The van der Waals surface area contributed by atoms with Gasteiger partial charge in [-0.05, 0) is 61.0 Å². The van der Waals surface area contributed by atoms with Crippen molar-refractivity contribution < 1.29 is 9.21 Å². The summed E-state index contributed by atoms with van der Waals surface area (Å²) in [5.41, 5.74) is 4.31. The number of nitrogens with one attached hydrogen (secondary N) is 1. The normalized spacial score (nSPS) is 10.8. The Morgan fingerprint density at radius 2 is 2.00 bits per heavy atom. The molecule has 26 heavy (non-hydrogen) atoms. The van der Waals surface area contributed by atoms with Gasteiger partial charge in [-0.15, -0.1) is 0 Å². The molecule has 0 aliphatic heterocycles. The first-order valence-corrected chi connectivity index (χ1v) is 8.79. The zero-order valence-corrected chi connectivity index (χ0v) is 15.4. The van der Waals surface area contributed by atoms with Crippen LogP contribution in [0.4, 0.5) is 5.69 Å². The molecule has 1 N–H and O–H groups in total. The number of amides is 1. The maximum Gasteiger partial charge on any atom is 0.255 e. The standard InChI is InChI=1S/C20H14BrN3O2/c1-12-10-14(20-24-18-17(26-20)6-3-9-22-18)7-8-16(12)23-19(25)13-4-2-5-15(21)11-13/h2-11H,1H3,(H,23,25). The summed E-state index contributed by atoms with van der Waals surface area (Å²) in [6.45, 7) is 1.93. The van der Waals surface area contributed by atoms with Crippen LogP contribution in [0.2, 0.25) is 0 Å². The zero-order valence-electron chi connectivity index (χ0n) is 13.9. The summed E-state index contributed by atoms with van der Waals surface area (Å²) in [4.78, 5) is 21.0. The van der Waals surface area contributed by atoms with Crippen molar-refractivity contribution in [2.24, 2.45) is 0 Å². The molecule has 0 spiro atoms. The van der Waals surface area contributed by atoms with Crippen LogP contribution in [-0.4, -0.2) is 15.9 Å². The van der Waals surface area contributed by atoms with Gasteiger partial charge in [-0.2, -0.15) is 4.98 Å². The number of fused-ring (bicyclic) bond motifs is 1. The molecule has 0 bridgehead atoms. The third kappa shape index (κ3) is 3.23. The number of carbonyl (C=O) groups excluding carboxylic acids is 1. The number of benzene rings is 2. The minimum Gasteiger partial charge on any atom is -0.434 e. The van der Waals surface area contributed by atoms with Gasteiger partial charge < -0.3 is 9.73 Å². The average molecular weight is 408 g/mol. The highest BCUT2D eigenvalue weighted by atomic mass is 79.9. The van der Waals surface area contributed by atoms with Crippen molar-refractivity contribution >= 4 is 38.8 Å². The van der Waals surface area contributed by atoms with E-state index in [0.29, 0.717) is 22.7 Å². The maximum absolute atomic E-state index is 12.4. The van der Waals surface area contributed by atoms with E-state index in [1.807, 2.05) is 49.4 Å². The molecule has 4 rings (SSSR count). The van der Waals surface area contributed by atoms with Gasteiger partial charge in [0.15, 0.2) is 11.2 Å². The number of halogens is 1. The Bertz CT molecular complexity index is 1090. The molecule has 0 unspecified atom stereocenters. The molecule has 128 valence electrons. The topological polar surface area (TPSA) is 68.0 Å². The molecule has 1 amide bonds. The van der Waals surface area contributed by atoms with Gasteiger partial charge in [-0.3, -0.25) is 4.79 Å². The lowest BCUT2D eigenvalue weighted by molar-refractivity contribution is 0.102. The molecule has 0 aliphatic rings. The molecule has 6 heteroatoms. The second-order valence-corrected chi connectivity index (χ2v) is 6.75. The highest BCUT2D eigenvalue weighted by Crippen LogP contribution is 2.27. The third-order valence-electron chi connectivity index (χ3n) is 3.97. The van der Waals surface area contributed by atoms with Crippen LogP contribution in [0.3, 0.4) is 0 Å². The smallest absolute Gasteiger partial charge is 0.255 e. The number of rotatable bonds is 3. The monoisotopic (exact) mass is 407 g/mol. The van der Waals surface area contributed by atoms with Gasteiger partial charge in [0.05, 0.1) is 0 Å². The lowest BCUT2D eigenvalue weighted by atomic mass is 10.1. The molecule has 2 aromatic heterocycles. The fourth-order valence-corrected chi connectivity index (χ4v) is 3.05. The molecule has 2 aromatic carbocycles. The molecule has 4 aromatic rings. The first-order chi connectivity index (χ1) is 12.6. The number of hydrogen-bond acceptors (Lipinski definition) is 4. The van der Waals surface area contributed by atoms with Gasteiger partial charge in [-0.25, -0.2) is 4.98 Å². The van der Waals surface area contributed by atoms with Crippen molar-refractivity contribution in [2.45, 2.75) is 6.92 Å². The van der Waals surface area contributed by atoms with Crippen LogP contribution in [-0.2, 0) is 0 Å². The van der Waals surface area contributed by atoms with Crippen molar-refractivity contribution in [1.29, 1.82) is 0 Å². The number of anilines is 1. The van der Waals surface area contributed by atoms with E-state index in [1.165, 1.54) is 0 Å². The molecule has 0 aliphatic carbocycles. The fourth-order valence-electron chi connectivity index (χ4n) is 2.65. The molecule has 5 nitrogen and oxygen atoms in total. The van der Waals surface area contributed by atoms with Crippen molar-refractivity contribution in [3.63, 3.8) is 0 Å². The summed E-state index contributed by atoms with van der Waals surface area (Å²) in [6.07, 6.45) is 1.68. The predicted molar refractivity (Wildman–Crippen MR) is 104 cm³/mol. The molecule has 0 saturated heterocycles. The highest BCUT2D eigenvalue weighted by Gasteiger charge is 2.12. The minimum atomic E-state index is -0.159. The van der Waals surface area contributed by atoms with Gasteiger partial charge in [0, 0.05) is 27.5 Å². The highest BCUT2D eigenvalue weighted by molar-refractivity contribution is 9.10. The quantitative estimate of drug-likeness (QED) is 0.505. The second-order valence-electron chi connectivity index (χ2n) is 5.84. The van der Waals surface area contributed by atoms with E-state index in [9.17, 15) is 4.79 Å². The Kier molecular flexibility index (Phi) is 4.26. The summed E-state index contributed by atoms with van der Waals surface area (Å²) >= 11 is 3.38. The summed E-state index contributed by atoms with van der Waals surface area (Å²) in [6, 6.07) is 16.6. The van der Waals surface area contributed by atoms with Crippen molar-refractivity contribution in [3.05, 3.63) is 76.4 Å². The van der Waals surface area contributed by atoms with Crippen molar-refractivity contribution in [3.8, 4) is 11.5 Å². The summed E-state index contributed by atoms with van der Waals surface area (Å²) in [7, 11) is 0. The van der Waals surface area contributed by atoms with E-state index < -0.39 is 0 Å². The van der Waals surface area contributed by atoms with Crippen LogP contribution in [0.15, 0.2) is 69.7 Å². The number of pyridine rings is 1. The molecule has 0 fully saturated rings. The van der Waals surface area contributed by atoms with Gasteiger partial charge in [-0.1, -0.05) is 22.0 Å². The Hall–Kier alpha value is -2.99.